The third kappa shape index (κ3) is 4.87. The highest BCUT2D eigenvalue weighted by molar-refractivity contribution is 5.74. The number of rotatable bonds is 4. The normalized spacial score (nSPS) is 17.6. The van der Waals surface area contributed by atoms with Crippen molar-refractivity contribution in [2.24, 2.45) is 0 Å². The molecule has 0 radical (unpaired) electrons. The van der Waals surface area contributed by atoms with Crippen LogP contribution in [-0.2, 0) is 10.9 Å². The van der Waals surface area contributed by atoms with E-state index in [9.17, 15) is 18.0 Å². The van der Waals surface area contributed by atoms with Crippen LogP contribution < -0.4 is 5.32 Å². The topological polar surface area (TPSA) is 41.6 Å². The predicted octanol–water partition coefficient (Wildman–Crippen LogP) is 3.98. The summed E-state index contributed by atoms with van der Waals surface area (Å²) in [5, 5.41) is 2.77. The molecule has 24 heavy (non-hydrogen) atoms. The zero-order valence-corrected chi connectivity index (χ0v) is 13.9. The first-order chi connectivity index (χ1) is 11.3. The van der Waals surface area contributed by atoms with Crippen LogP contribution in [0.25, 0.3) is 0 Å². The SMILES string of the molecule is CCOC1CCN(C(=O)N[C@@H](C)c2cccc(C(F)(F)F)c2)CC1. The fraction of sp³-hybridized carbons (Fsp3) is 0.588. The molecular weight excluding hydrogens is 321 g/mol. The molecular formula is C17H23F3N2O2. The van der Waals surface area contributed by atoms with Crippen molar-refractivity contribution in [2.45, 2.75) is 45.0 Å². The first kappa shape index (κ1) is 18.6. The smallest absolute Gasteiger partial charge is 0.378 e. The Morgan fingerprint density at radius 2 is 2.04 bits per heavy atom. The van der Waals surface area contributed by atoms with Gasteiger partial charge in [0.25, 0.3) is 0 Å². The van der Waals surface area contributed by atoms with Gasteiger partial charge >= 0.3 is 12.2 Å². The predicted molar refractivity (Wildman–Crippen MR) is 84.6 cm³/mol. The van der Waals surface area contributed by atoms with Gasteiger partial charge in [-0.15, -0.1) is 0 Å². The number of ether oxygens (including phenoxy) is 1. The van der Waals surface area contributed by atoms with Gasteiger partial charge in [0, 0.05) is 19.7 Å². The van der Waals surface area contributed by atoms with Gasteiger partial charge in [0.2, 0.25) is 0 Å². The molecule has 0 bridgehead atoms. The maximum absolute atomic E-state index is 12.8. The van der Waals surface area contributed by atoms with Crippen molar-refractivity contribution in [3.63, 3.8) is 0 Å². The molecule has 1 saturated heterocycles. The van der Waals surface area contributed by atoms with Gasteiger partial charge in [-0.05, 0) is 44.4 Å². The number of benzene rings is 1. The number of carbonyl (C=O) groups excluding carboxylic acids is 1. The summed E-state index contributed by atoms with van der Waals surface area (Å²) >= 11 is 0. The summed E-state index contributed by atoms with van der Waals surface area (Å²) in [6.45, 7) is 5.46. The Labute approximate surface area is 140 Å². The number of carbonyl (C=O) groups is 1. The minimum atomic E-state index is -4.39. The second-order valence-electron chi connectivity index (χ2n) is 5.94. The lowest BCUT2D eigenvalue weighted by Crippen LogP contribution is -2.46. The van der Waals surface area contributed by atoms with Crippen LogP contribution in [-0.4, -0.2) is 36.7 Å². The van der Waals surface area contributed by atoms with Crippen LogP contribution in [0.1, 0.15) is 43.9 Å². The molecule has 134 valence electrons. The summed E-state index contributed by atoms with van der Waals surface area (Å²) in [5.74, 6) is 0. The maximum atomic E-state index is 12.8. The van der Waals surface area contributed by atoms with E-state index in [2.05, 4.69) is 5.32 Å². The van der Waals surface area contributed by atoms with Gasteiger partial charge < -0.3 is 15.0 Å². The third-order valence-corrected chi connectivity index (χ3v) is 4.19. The van der Waals surface area contributed by atoms with E-state index < -0.39 is 17.8 Å². The fourth-order valence-corrected chi connectivity index (χ4v) is 2.81. The van der Waals surface area contributed by atoms with Crippen LogP contribution in [0, 0.1) is 0 Å². The average molecular weight is 344 g/mol. The number of hydrogen-bond donors (Lipinski definition) is 1. The van der Waals surface area contributed by atoms with E-state index >= 15 is 0 Å². The fourth-order valence-electron chi connectivity index (χ4n) is 2.81. The zero-order chi connectivity index (χ0) is 17.7. The van der Waals surface area contributed by atoms with Crippen LogP contribution in [0.3, 0.4) is 0 Å². The van der Waals surface area contributed by atoms with Gasteiger partial charge in [0.05, 0.1) is 17.7 Å². The molecule has 0 aliphatic carbocycles. The van der Waals surface area contributed by atoms with Crippen LogP contribution in [0.5, 0.6) is 0 Å². The van der Waals surface area contributed by atoms with Crippen LogP contribution in [0.2, 0.25) is 0 Å². The Balaban J connectivity index is 1.93. The Kier molecular flexibility index (Phi) is 6.10. The standard InChI is InChI=1S/C17H23F3N2O2/c1-3-24-15-7-9-22(10-8-15)16(23)21-12(2)13-5-4-6-14(11-13)17(18,19)20/h4-6,11-12,15H,3,7-10H2,1-2H3,(H,21,23)/t12-/m0/s1. The van der Waals surface area contributed by atoms with Crippen LogP contribution in [0.15, 0.2) is 24.3 Å². The molecule has 1 N–H and O–H groups in total. The number of nitrogens with one attached hydrogen (secondary N) is 1. The van der Waals surface area contributed by atoms with E-state index in [0.717, 1.165) is 25.0 Å². The number of likely N-dealkylation sites (tertiary alicyclic amines) is 1. The molecule has 1 aromatic rings. The highest BCUT2D eigenvalue weighted by atomic mass is 19.4. The number of alkyl halides is 3. The average Bonchev–Trinajstić information content (AvgIpc) is 2.55. The van der Waals surface area contributed by atoms with Crippen molar-refractivity contribution in [3.8, 4) is 0 Å². The first-order valence-corrected chi connectivity index (χ1v) is 8.15. The molecule has 1 aliphatic heterocycles. The highest BCUT2D eigenvalue weighted by Gasteiger charge is 2.31. The van der Waals surface area contributed by atoms with Crippen LogP contribution >= 0.6 is 0 Å². The maximum Gasteiger partial charge on any atom is 0.416 e. The van der Waals surface area contributed by atoms with Crippen molar-refractivity contribution in [1.82, 2.24) is 10.2 Å². The first-order valence-electron chi connectivity index (χ1n) is 8.15. The highest BCUT2D eigenvalue weighted by Crippen LogP contribution is 2.30. The number of urea groups is 1. The van der Waals surface area contributed by atoms with E-state index in [0.29, 0.717) is 25.3 Å². The van der Waals surface area contributed by atoms with Crippen molar-refractivity contribution in [2.75, 3.05) is 19.7 Å². The molecule has 0 spiro atoms. The van der Waals surface area contributed by atoms with Gasteiger partial charge in [-0.25, -0.2) is 4.79 Å². The van der Waals surface area contributed by atoms with Crippen molar-refractivity contribution in [1.29, 1.82) is 0 Å². The minimum Gasteiger partial charge on any atom is -0.378 e. The third-order valence-electron chi connectivity index (χ3n) is 4.19. The summed E-state index contributed by atoms with van der Waals surface area (Å²) in [7, 11) is 0. The molecule has 2 rings (SSSR count). The summed E-state index contributed by atoms with van der Waals surface area (Å²) in [6, 6.07) is 4.29. The van der Waals surface area contributed by atoms with Gasteiger partial charge in [0.15, 0.2) is 0 Å². The number of amides is 2. The molecule has 1 atom stereocenters. The molecule has 1 aromatic carbocycles. The number of piperidine rings is 1. The molecule has 7 heteroatoms. The van der Waals surface area contributed by atoms with Crippen molar-refractivity contribution < 1.29 is 22.7 Å². The van der Waals surface area contributed by atoms with E-state index in [4.69, 9.17) is 4.74 Å². The van der Waals surface area contributed by atoms with E-state index in [1.165, 1.54) is 6.07 Å². The summed E-state index contributed by atoms with van der Waals surface area (Å²) < 4.78 is 43.9. The number of hydrogen-bond acceptors (Lipinski definition) is 2. The van der Waals surface area contributed by atoms with Crippen molar-refractivity contribution in [3.05, 3.63) is 35.4 Å². The second-order valence-corrected chi connectivity index (χ2v) is 5.94. The summed E-state index contributed by atoms with van der Waals surface area (Å²) in [4.78, 5) is 14.0. The zero-order valence-electron chi connectivity index (χ0n) is 13.9. The molecule has 2 amide bonds. The van der Waals surface area contributed by atoms with Gasteiger partial charge in [-0.2, -0.15) is 13.2 Å². The van der Waals surface area contributed by atoms with Gasteiger partial charge in [-0.3, -0.25) is 0 Å². The monoisotopic (exact) mass is 344 g/mol. The van der Waals surface area contributed by atoms with E-state index in [-0.39, 0.29) is 12.1 Å². The Hall–Kier alpha value is -1.76. The number of nitrogens with zero attached hydrogens (tertiary/aromatic N) is 1. The minimum absolute atomic E-state index is 0.181. The largest absolute Gasteiger partial charge is 0.416 e. The molecule has 0 aromatic heterocycles. The Morgan fingerprint density at radius 1 is 1.38 bits per heavy atom. The molecule has 1 fully saturated rings. The molecule has 1 heterocycles. The van der Waals surface area contributed by atoms with Gasteiger partial charge in [0.1, 0.15) is 0 Å². The molecule has 0 unspecified atom stereocenters. The second kappa shape index (κ2) is 7.88. The lowest BCUT2D eigenvalue weighted by molar-refractivity contribution is -0.137. The number of halogens is 3. The van der Waals surface area contributed by atoms with E-state index in [1.54, 1.807) is 17.9 Å². The van der Waals surface area contributed by atoms with Gasteiger partial charge in [-0.1, -0.05) is 12.1 Å². The summed E-state index contributed by atoms with van der Waals surface area (Å²) in [6.07, 6.45) is -2.65. The van der Waals surface area contributed by atoms with Crippen molar-refractivity contribution >= 4 is 6.03 Å². The molecule has 0 saturated carbocycles. The quantitative estimate of drug-likeness (QED) is 0.898. The summed E-state index contributed by atoms with van der Waals surface area (Å²) in [5.41, 5.74) is -0.277. The molecule has 1 aliphatic rings. The Bertz CT molecular complexity index is 555. The lowest BCUT2D eigenvalue weighted by atomic mass is 10.0. The van der Waals surface area contributed by atoms with E-state index in [1.807, 2.05) is 6.92 Å². The lowest BCUT2D eigenvalue weighted by Gasteiger charge is -2.32. The molecule has 4 nitrogen and oxygen atoms in total. The Morgan fingerprint density at radius 3 is 2.62 bits per heavy atom. The van der Waals surface area contributed by atoms with Crippen LogP contribution in [0.4, 0.5) is 18.0 Å².